The number of benzene rings is 1. The fourth-order valence-electron chi connectivity index (χ4n) is 2.56. The van der Waals surface area contributed by atoms with Crippen LogP contribution in [0.4, 0.5) is 17.5 Å². The molecule has 138 valence electrons. The van der Waals surface area contributed by atoms with Crippen LogP contribution in [-0.4, -0.2) is 25.9 Å². The summed E-state index contributed by atoms with van der Waals surface area (Å²) < 4.78 is 0. The number of nitro benzene ring substituents is 1. The molecule has 0 fully saturated rings. The molecule has 0 saturated heterocycles. The van der Waals surface area contributed by atoms with Gasteiger partial charge in [-0.15, -0.1) is 0 Å². The molecule has 3 rings (SSSR count). The van der Waals surface area contributed by atoms with Gasteiger partial charge in [-0.05, 0) is 26.0 Å². The molecule has 0 aliphatic carbocycles. The molecule has 3 aromatic rings. The van der Waals surface area contributed by atoms with Gasteiger partial charge in [-0.1, -0.05) is 18.2 Å². The summed E-state index contributed by atoms with van der Waals surface area (Å²) in [6.45, 7) is 4.29. The van der Waals surface area contributed by atoms with Gasteiger partial charge in [-0.2, -0.15) is 4.98 Å². The zero-order valence-electron chi connectivity index (χ0n) is 15.1. The molecular weight excluding hydrogens is 344 g/mol. The van der Waals surface area contributed by atoms with Crippen LogP contribution in [0.25, 0.3) is 11.3 Å². The lowest BCUT2D eigenvalue weighted by Gasteiger charge is -2.13. The van der Waals surface area contributed by atoms with Crippen molar-refractivity contribution in [2.24, 2.45) is 0 Å². The van der Waals surface area contributed by atoms with Gasteiger partial charge >= 0.3 is 0 Å². The number of aromatic nitrogens is 3. The van der Waals surface area contributed by atoms with Crippen LogP contribution in [0.15, 0.2) is 54.9 Å². The monoisotopic (exact) mass is 364 g/mol. The van der Waals surface area contributed by atoms with Crippen molar-refractivity contribution in [3.8, 4) is 11.3 Å². The molecule has 0 amide bonds. The first-order valence-corrected chi connectivity index (χ1v) is 8.55. The topological polar surface area (TPSA) is 106 Å². The van der Waals surface area contributed by atoms with E-state index in [0.717, 1.165) is 11.3 Å². The van der Waals surface area contributed by atoms with Gasteiger partial charge in [-0.3, -0.25) is 15.1 Å². The van der Waals surface area contributed by atoms with Crippen molar-refractivity contribution in [3.63, 3.8) is 0 Å². The molecule has 1 aromatic carbocycles. The molecule has 8 nitrogen and oxygen atoms in total. The molecule has 0 radical (unpaired) electrons. The molecule has 0 atom stereocenters. The molecule has 0 spiro atoms. The van der Waals surface area contributed by atoms with E-state index >= 15 is 0 Å². The highest BCUT2D eigenvalue weighted by Gasteiger charge is 2.13. The molecule has 0 saturated carbocycles. The van der Waals surface area contributed by atoms with E-state index in [2.05, 4.69) is 25.6 Å². The predicted octanol–water partition coefficient (Wildman–Crippen LogP) is 3.88. The van der Waals surface area contributed by atoms with Crippen LogP contribution >= 0.6 is 0 Å². The molecule has 2 aromatic heterocycles. The first-order chi connectivity index (χ1) is 13.0. The van der Waals surface area contributed by atoms with Crippen molar-refractivity contribution in [3.05, 3.63) is 70.5 Å². The van der Waals surface area contributed by atoms with Crippen LogP contribution in [0.2, 0.25) is 0 Å². The van der Waals surface area contributed by atoms with Crippen LogP contribution in [0.1, 0.15) is 19.4 Å². The van der Waals surface area contributed by atoms with Crippen LogP contribution in [0.5, 0.6) is 0 Å². The van der Waals surface area contributed by atoms with E-state index in [-0.39, 0.29) is 23.2 Å². The number of nitrogens with one attached hydrogen (secondary N) is 2. The van der Waals surface area contributed by atoms with Crippen molar-refractivity contribution < 1.29 is 4.92 Å². The van der Waals surface area contributed by atoms with Gasteiger partial charge in [0.2, 0.25) is 5.95 Å². The third-order valence-electron chi connectivity index (χ3n) is 3.77. The fraction of sp³-hybridized carbons (Fsp3) is 0.211. The molecule has 0 aliphatic rings. The summed E-state index contributed by atoms with van der Waals surface area (Å²) in [6.07, 6.45) is 3.40. The second-order valence-electron chi connectivity index (χ2n) is 6.24. The van der Waals surface area contributed by atoms with Gasteiger partial charge in [0, 0.05) is 48.2 Å². The lowest BCUT2D eigenvalue weighted by atomic mass is 10.1. The number of hydrogen-bond donors (Lipinski definition) is 2. The summed E-state index contributed by atoms with van der Waals surface area (Å²) in [4.78, 5) is 23.8. The molecule has 0 bridgehead atoms. The van der Waals surface area contributed by atoms with Crippen molar-refractivity contribution in [1.29, 1.82) is 0 Å². The number of rotatable bonds is 7. The van der Waals surface area contributed by atoms with Crippen LogP contribution in [-0.2, 0) is 6.54 Å². The van der Waals surface area contributed by atoms with E-state index in [1.54, 1.807) is 30.6 Å². The summed E-state index contributed by atoms with van der Waals surface area (Å²) in [6, 6.07) is 12.4. The number of anilines is 2. The van der Waals surface area contributed by atoms with E-state index in [1.165, 1.54) is 6.07 Å². The van der Waals surface area contributed by atoms with Gasteiger partial charge in [0.1, 0.15) is 5.82 Å². The van der Waals surface area contributed by atoms with Crippen LogP contribution in [0.3, 0.4) is 0 Å². The van der Waals surface area contributed by atoms with Gasteiger partial charge < -0.3 is 10.6 Å². The molecule has 0 aliphatic heterocycles. The molecule has 27 heavy (non-hydrogen) atoms. The van der Waals surface area contributed by atoms with E-state index < -0.39 is 0 Å². The maximum atomic E-state index is 11.2. The second kappa shape index (κ2) is 8.22. The highest BCUT2D eigenvalue weighted by molar-refractivity contribution is 5.64. The highest BCUT2D eigenvalue weighted by atomic mass is 16.6. The number of hydrogen-bond acceptors (Lipinski definition) is 7. The summed E-state index contributed by atoms with van der Waals surface area (Å²) in [7, 11) is 0. The number of pyridine rings is 1. The smallest absolute Gasteiger partial charge is 0.274 e. The Morgan fingerprint density at radius 3 is 2.56 bits per heavy atom. The maximum absolute atomic E-state index is 11.2. The minimum absolute atomic E-state index is 0.0777. The highest BCUT2D eigenvalue weighted by Crippen LogP contribution is 2.23. The van der Waals surface area contributed by atoms with Crippen molar-refractivity contribution in [2.75, 3.05) is 10.6 Å². The Balaban J connectivity index is 1.89. The van der Waals surface area contributed by atoms with Gasteiger partial charge in [0.25, 0.3) is 5.69 Å². The van der Waals surface area contributed by atoms with Crippen molar-refractivity contribution in [1.82, 2.24) is 15.0 Å². The molecule has 8 heteroatoms. The van der Waals surface area contributed by atoms with E-state index in [1.807, 2.05) is 32.0 Å². The lowest BCUT2D eigenvalue weighted by molar-refractivity contribution is -0.385. The lowest BCUT2D eigenvalue weighted by Crippen LogP contribution is -2.14. The van der Waals surface area contributed by atoms with E-state index in [9.17, 15) is 10.1 Å². The zero-order chi connectivity index (χ0) is 19.2. The van der Waals surface area contributed by atoms with Gasteiger partial charge in [0.05, 0.1) is 10.6 Å². The number of nitro groups is 1. The standard InChI is InChI=1S/C19H20N6O2/c1-13(2)22-19-23-16(14-7-9-20-10-8-14)11-18(24-19)21-12-15-5-3-4-6-17(15)25(26)27/h3-11,13H,12H2,1-2H3,(H2,21,22,23,24). The predicted molar refractivity (Wildman–Crippen MR) is 104 cm³/mol. The minimum Gasteiger partial charge on any atom is -0.366 e. The fourth-order valence-corrected chi connectivity index (χ4v) is 2.56. The summed E-state index contributed by atoms with van der Waals surface area (Å²) >= 11 is 0. The minimum atomic E-state index is -0.384. The third kappa shape index (κ3) is 4.75. The SMILES string of the molecule is CC(C)Nc1nc(NCc2ccccc2[N+](=O)[O-])cc(-c2ccncc2)n1. The summed E-state index contributed by atoms with van der Waals surface area (Å²) in [5.74, 6) is 1.07. The normalized spacial score (nSPS) is 10.6. The molecule has 2 heterocycles. The Kier molecular flexibility index (Phi) is 5.55. The van der Waals surface area contributed by atoms with Crippen molar-refractivity contribution >= 4 is 17.5 Å². The number of para-hydroxylation sites is 1. The Bertz CT molecular complexity index is 930. The summed E-state index contributed by atoms with van der Waals surface area (Å²) in [5, 5.41) is 17.5. The van der Waals surface area contributed by atoms with E-state index in [4.69, 9.17) is 0 Å². The first kappa shape index (κ1) is 18.2. The second-order valence-corrected chi connectivity index (χ2v) is 6.24. The number of nitrogens with zero attached hydrogens (tertiary/aromatic N) is 4. The molecule has 2 N–H and O–H groups in total. The average Bonchev–Trinajstić information content (AvgIpc) is 2.66. The molecule has 0 unspecified atom stereocenters. The Labute approximate surface area is 156 Å². The van der Waals surface area contributed by atoms with Crippen LogP contribution < -0.4 is 10.6 Å². The Hall–Kier alpha value is -3.55. The van der Waals surface area contributed by atoms with E-state index in [0.29, 0.717) is 17.3 Å². The Morgan fingerprint density at radius 1 is 1.11 bits per heavy atom. The molecular formula is C19H20N6O2. The zero-order valence-corrected chi connectivity index (χ0v) is 15.1. The van der Waals surface area contributed by atoms with Crippen molar-refractivity contribution in [2.45, 2.75) is 26.4 Å². The third-order valence-corrected chi connectivity index (χ3v) is 3.77. The largest absolute Gasteiger partial charge is 0.366 e. The van der Waals surface area contributed by atoms with Gasteiger partial charge in [-0.25, -0.2) is 4.98 Å². The summed E-state index contributed by atoms with van der Waals surface area (Å²) in [5.41, 5.74) is 2.31. The van der Waals surface area contributed by atoms with Gasteiger partial charge in [0.15, 0.2) is 0 Å². The van der Waals surface area contributed by atoms with Crippen LogP contribution in [0, 0.1) is 10.1 Å². The Morgan fingerprint density at radius 2 is 1.85 bits per heavy atom. The first-order valence-electron chi connectivity index (χ1n) is 8.55. The maximum Gasteiger partial charge on any atom is 0.274 e. The average molecular weight is 364 g/mol. The quantitative estimate of drug-likeness (QED) is 0.484.